The molecule has 0 aliphatic heterocycles. The zero-order valence-electron chi connectivity index (χ0n) is 33.1. The second-order valence-corrected chi connectivity index (χ2v) is 13.0. The zero-order valence-corrected chi connectivity index (χ0v) is 28.1. The molecule has 0 aliphatic rings. The van der Waals surface area contributed by atoms with Crippen LogP contribution in [0.3, 0.4) is 0 Å². The van der Waals surface area contributed by atoms with Gasteiger partial charge in [-0.1, -0.05) is 158 Å². The molecule has 0 saturated carbocycles. The first-order valence-corrected chi connectivity index (χ1v) is 17.4. The van der Waals surface area contributed by atoms with Crippen molar-refractivity contribution in [1.82, 2.24) is 4.57 Å². The number of hydrogen-bond acceptors (Lipinski definition) is 1. The van der Waals surface area contributed by atoms with E-state index in [1.165, 1.54) is 27.1 Å². The smallest absolute Gasteiger partial charge is 0.0629 e. The highest BCUT2D eigenvalue weighted by molar-refractivity contribution is 6.19. The molecule has 1 heterocycles. The van der Waals surface area contributed by atoms with Gasteiger partial charge in [0.1, 0.15) is 0 Å². The summed E-state index contributed by atoms with van der Waals surface area (Å²) in [6, 6.07) is 59.6. The van der Waals surface area contributed by atoms with Crippen molar-refractivity contribution in [2.24, 2.45) is 0 Å². The van der Waals surface area contributed by atoms with Gasteiger partial charge in [0.05, 0.1) is 23.6 Å². The van der Waals surface area contributed by atoms with E-state index in [0.29, 0.717) is 5.56 Å². The fraction of sp³-hybridized carbons (Fsp3) is 0. The Morgan fingerprint density at radius 1 is 0.404 bits per heavy atom. The zero-order chi connectivity index (χ0) is 38.8. The van der Waals surface area contributed by atoms with Crippen LogP contribution in [0.15, 0.2) is 206 Å². The second-order valence-electron chi connectivity index (χ2n) is 13.0. The molecule has 0 unspecified atom stereocenters. The van der Waals surface area contributed by atoms with Crippen LogP contribution < -0.4 is 4.90 Å². The minimum atomic E-state index is -0.400. The molecule has 10 rings (SSSR count). The van der Waals surface area contributed by atoms with Gasteiger partial charge in [0.15, 0.2) is 0 Å². The number of fused-ring (bicyclic) bond motifs is 6. The Balaban J connectivity index is 1.10. The summed E-state index contributed by atoms with van der Waals surface area (Å²) < 4.78 is 43.9. The molecule has 0 N–H and O–H groups in total. The Bertz CT molecular complexity index is 3140. The monoisotopic (exact) mass is 667 g/mol. The van der Waals surface area contributed by atoms with Gasteiger partial charge in [-0.2, -0.15) is 0 Å². The van der Waals surface area contributed by atoms with E-state index in [9.17, 15) is 0 Å². The van der Waals surface area contributed by atoms with Crippen LogP contribution in [-0.4, -0.2) is 4.57 Å². The summed E-state index contributed by atoms with van der Waals surface area (Å²) in [5, 5.41) is 7.05. The molecule has 1 aromatic heterocycles. The Morgan fingerprint density at radius 2 is 0.981 bits per heavy atom. The van der Waals surface area contributed by atoms with Crippen molar-refractivity contribution >= 4 is 60.4 Å². The largest absolute Gasteiger partial charge is 0.310 e. The lowest BCUT2D eigenvalue weighted by atomic mass is 10.0. The number of aromatic nitrogens is 1. The fourth-order valence-corrected chi connectivity index (χ4v) is 7.61. The van der Waals surface area contributed by atoms with E-state index in [1.54, 1.807) is 0 Å². The molecule has 0 saturated heterocycles. The third kappa shape index (κ3) is 5.04. The molecular weight excluding hydrogens is 629 g/mol. The van der Waals surface area contributed by atoms with Crippen LogP contribution in [0.5, 0.6) is 0 Å². The SMILES string of the molecule is [2H]c1c([2H])c([2H])c(-c2ccc(N(c3ccc(-c4ccc5c6ccc7ccccc7c6n(-c6ccccc6)c5c4)cc3)c3cccc4ccccc34)cc2)c([2H])c1[2H]. The molecule has 244 valence electrons. The molecule has 2 nitrogen and oxygen atoms in total. The third-order valence-corrected chi connectivity index (χ3v) is 10.0. The topological polar surface area (TPSA) is 8.17 Å². The summed E-state index contributed by atoms with van der Waals surface area (Å²) in [5.41, 5.74) is 9.22. The van der Waals surface area contributed by atoms with Crippen LogP contribution in [-0.2, 0) is 0 Å². The maximum atomic E-state index is 8.54. The molecule has 0 bridgehead atoms. The molecule has 0 amide bonds. The van der Waals surface area contributed by atoms with Crippen molar-refractivity contribution in [1.29, 1.82) is 0 Å². The summed E-state index contributed by atoms with van der Waals surface area (Å²) in [7, 11) is 0. The Morgan fingerprint density at radius 3 is 1.71 bits per heavy atom. The lowest BCUT2D eigenvalue weighted by molar-refractivity contribution is 1.19. The van der Waals surface area contributed by atoms with Gasteiger partial charge < -0.3 is 9.47 Å². The van der Waals surface area contributed by atoms with E-state index in [4.69, 9.17) is 6.85 Å². The average Bonchev–Trinajstić information content (AvgIpc) is 3.60. The maximum absolute atomic E-state index is 8.54. The molecule has 10 aromatic rings. The predicted octanol–water partition coefficient (Wildman–Crippen LogP) is 13.9. The van der Waals surface area contributed by atoms with Crippen LogP contribution in [0.1, 0.15) is 6.85 Å². The minimum Gasteiger partial charge on any atom is -0.310 e. The van der Waals surface area contributed by atoms with Crippen LogP contribution in [0.25, 0.3) is 71.3 Å². The molecular formula is C50H34N2. The standard InChI is InChI=1S/C50H34N2/c1-3-12-35(13-4-1)36-22-28-42(29-23-36)51(48-21-11-16-38-14-7-9-19-44(38)48)43-30-24-37(25-31-43)40-27-32-46-47-33-26-39-15-8-10-20-45(39)50(47)52(49(46)34-40)41-17-5-2-6-18-41/h1-34H/i1D,3D,4D,12D,13D. The number of benzene rings is 9. The van der Waals surface area contributed by atoms with Crippen molar-refractivity contribution in [3.05, 3.63) is 206 Å². The van der Waals surface area contributed by atoms with Crippen LogP contribution in [0.4, 0.5) is 17.1 Å². The highest BCUT2D eigenvalue weighted by atomic mass is 15.1. The van der Waals surface area contributed by atoms with Gasteiger partial charge in [0.2, 0.25) is 0 Å². The van der Waals surface area contributed by atoms with Gasteiger partial charge in [-0.05, 0) is 81.6 Å². The number of nitrogens with zero attached hydrogens (tertiary/aromatic N) is 2. The number of anilines is 3. The minimum absolute atomic E-state index is 0.185. The van der Waals surface area contributed by atoms with Gasteiger partial charge in [-0.15, -0.1) is 0 Å². The quantitative estimate of drug-likeness (QED) is 0.171. The second kappa shape index (κ2) is 12.5. The van der Waals surface area contributed by atoms with E-state index in [0.717, 1.165) is 50.2 Å². The van der Waals surface area contributed by atoms with Crippen molar-refractivity contribution in [2.45, 2.75) is 0 Å². The lowest BCUT2D eigenvalue weighted by Crippen LogP contribution is -2.10. The van der Waals surface area contributed by atoms with Gasteiger partial charge >= 0.3 is 0 Å². The third-order valence-electron chi connectivity index (χ3n) is 10.0. The van der Waals surface area contributed by atoms with Gasteiger partial charge in [-0.25, -0.2) is 0 Å². The number of rotatable bonds is 6. The maximum Gasteiger partial charge on any atom is 0.0629 e. The van der Waals surface area contributed by atoms with E-state index in [-0.39, 0.29) is 29.7 Å². The summed E-state index contributed by atoms with van der Waals surface area (Å²) in [4.78, 5) is 2.21. The molecule has 52 heavy (non-hydrogen) atoms. The molecule has 0 atom stereocenters. The lowest BCUT2D eigenvalue weighted by Gasteiger charge is -2.27. The van der Waals surface area contributed by atoms with E-state index < -0.39 is 6.04 Å². The summed E-state index contributed by atoms with van der Waals surface area (Å²) in [6.07, 6.45) is 0. The molecule has 2 heteroatoms. The van der Waals surface area contributed by atoms with Crippen molar-refractivity contribution in [2.75, 3.05) is 4.90 Å². The molecule has 0 fully saturated rings. The summed E-state index contributed by atoms with van der Waals surface area (Å²) >= 11 is 0. The Labute approximate surface area is 310 Å². The van der Waals surface area contributed by atoms with E-state index in [1.807, 2.05) is 36.4 Å². The van der Waals surface area contributed by atoms with Gasteiger partial charge in [0.25, 0.3) is 0 Å². The first-order chi connectivity index (χ1) is 27.9. The Hall–Kier alpha value is -6.90. The summed E-state index contributed by atoms with van der Waals surface area (Å²) in [6.45, 7) is 0. The van der Waals surface area contributed by atoms with E-state index in [2.05, 4.69) is 149 Å². The Kier molecular flexibility index (Phi) is 6.01. The summed E-state index contributed by atoms with van der Waals surface area (Å²) in [5.74, 6) is 0. The predicted molar refractivity (Wildman–Crippen MR) is 221 cm³/mol. The van der Waals surface area contributed by atoms with Crippen molar-refractivity contribution in [3.8, 4) is 27.9 Å². The number of para-hydroxylation sites is 1. The highest BCUT2D eigenvalue weighted by Crippen LogP contribution is 2.42. The first-order valence-electron chi connectivity index (χ1n) is 19.9. The average molecular weight is 668 g/mol. The van der Waals surface area contributed by atoms with Gasteiger partial charge in [-0.3, -0.25) is 0 Å². The van der Waals surface area contributed by atoms with Gasteiger partial charge in [0, 0.05) is 38.6 Å². The fourth-order valence-electron chi connectivity index (χ4n) is 7.61. The van der Waals surface area contributed by atoms with Crippen LogP contribution in [0.2, 0.25) is 0 Å². The molecule has 9 aromatic carbocycles. The van der Waals surface area contributed by atoms with Crippen LogP contribution in [0, 0.1) is 0 Å². The first kappa shape index (κ1) is 25.1. The highest BCUT2D eigenvalue weighted by Gasteiger charge is 2.18. The van der Waals surface area contributed by atoms with Crippen LogP contribution >= 0.6 is 0 Å². The van der Waals surface area contributed by atoms with Crippen molar-refractivity contribution in [3.63, 3.8) is 0 Å². The molecule has 0 aliphatic carbocycles. The van der Waals surface area contributed by atoms with Crippen molar-refractivity contribution < 1.29 is 6.85 Å². The molecule has 0 spiro atoms. The van der Waals surface area contributed by atoms with E-state index >= 15 is 0 Å². The molecule has 0 radical (unpaired) electrons. The number of hydrogen-bond donors (Lipinski definition) is 0. The normalized spacial score (nSPS) is 12.8.